The highest BCUT2D eigenvalue weighted by molar-refractivity contribution is 5.66. The maximum Gasteiger partial charge on any atom is 0.340 e. The molecule has 78 valence electrons. The molecule has 0 bridgehead atoms. The first-order chi connectivity index (χ1) is 6.47. The van der Waals surface area contributed by atoms with Crippen molar-refractivity contribution in [1.82, 2.24) is 9.97 Å². The Morgan fingerprint density at radius 2 is 2.29 bits per heavy atom. The van der Waals surface area contributed by atoms with Gasteiger partial charge in [-0.05, 0) is 4.92 Å². The van der Waals surface area contributed by atoms with Crippen LogP contribution in [0.15, 0.2) is 6.20 Å². The second-order valence-electron chi connectivity index (χ2n) is 2.36. The summed E-state index contributed by atoms with van der Waals surface area (Å²) in [6.45, 7) is 3.26. The number of hydrogen-bond donors (Lipinski definition) is 2. The first kappa shape index (κ1) is 12.1. The van der Waals surface area contributed by atoms with Crippen LogP contribution in [0.2, 0.25) is 0 Å². The van der Waals surface area contributed by atoms with Crippen LogP contribution < -0.4 is 0 Å². The highest BCUT2D eigenvalue weighted by Crippen LogP contribution is 2.03. The third kappa shape index (κ3) is 4.86. The zero-order chi connectivity index (χ0) is 11.1. The molecule has 1 aromatic rings. The molecule has 0 saturated heterocycles. The van der Waals surface area contributed by atoms with E-state index < -0.39 is 10.9 Å². The molecule has 2 N–H and O–H groups in total. The minimum atomic E-state index is -0.745. The second-order valence-corrected chi connectivity index (χ2v) is 2.36. The van der Waals surface area contributed by atoms with Crippen molar-refractivity contribution in [3.05, 3.63) is 22.1 Å². The van der Waals surface area contributed by atoms with Gasteiger partial charge in [0.2, 0.25) is 0 Å². The van der Waals surface area contributed by atoms with E-state index in [0.717, 1.165) is 0 Å². The Hall–Kier alpha value is -1.92. The number of nitrogens with zero attached hydrogens (tertiary/aromatic N) is 2. The Morgan fingerprint density at radius 1 is 1.79 bits per heavy atom. The molecule has 1 rings (SSSR count). The number of aromatic nitrogens is 2. The summed E-state index contributed by atoms with van der Waals surface area (Å²) in [6, 6.07) is 0. The lowest BCUT2D eigenvalue weighted by Crippen LogP contribution is -1.86. The van der Waals surface area contributed by atoms with Crippen molar-refractivity contribution in [2.45, 2.75) is 20.3 Å². The van der Waals surface area contributed by atoms with Crippen LogP contribution in [0.1, 0.15) is 19.2 Å². The topological polar surface area (TPSA) is 109 Å². The number of aryl methyl sites for hydroxylation is 1. The fourth-order valence-corrected chi connectivity index (χ4v) is 0.501. The molecule has 0 aliphatic heterocycles. The summed E-state index contributed by atoms with van der Waals surface area (Å²) < 4.78 is 0. The number of imidazole rings is 1. The highest BCUT2D eigenvalue weighted by Gasteiger charge is 2.04. The van der Waals surface area contributed by atoms with Gasteiger partial charge in [-0.1, -0.05) is 6.92 Å². The molecule has 0 unspecified atom stereocenters. The average Bonchev–Trinajstić information content (AvgIpc) is 2.53. The molecule has 0 saturated carbocycles. The fraction of sp³-hybridized carbons (Fsp3) is 0.429. The second kappa shape index (κ2) is 5.68. The Kier molecular flexibility index (Phi) is 4.90. The zero-order valence-corrected chi connectivity index (χ0v) is 7.85. The predicted molar refractivity (Wildman–Crippen MR) is 47.9 cm³/mol. The summed E-state index contributed by atoms with van der Waals surface area (Å²) in [5.41, 5.74) is 0. The van der Waals surface area contributed by atoms with Gasteiger partial charge in [-0.3, -0.25) is 4.79 Å². The minimum absolute atomic E-state index is 0.0625. The van der Waals surface area contributed by atoms with Crippen molar-refractivity contribution in [3.63, 3.8) is 0 Å². The van der Waals surface area contributed by atoms with E-state index in [2.05, 4.69) is 9.97 Å². The number of aliphatic carboxylic acids is 1. The van der Waals surface area contributed by atoms with Gasteiger partial charge in [0, 0.05) is 13.3 Å². The van der Waals surface area contributed by atoms with E-state index in [1.807, 2.05) is 0 Å². The Morgan fingerprint density at radius 3 is 2.43 bits per heavy atom. The monoisotopic (exact) mass is 201 g/mol. The van der Waals surface area contributed by atoms with Gasteiger partial charge in [0.1, 0.15) is 6.20 Å². The molecule has 0 atom stereocenters. The van der Waals surface area contributed by atoms with E-state index in [9.17, 15) is 14.9 Å². The van der Waals surface area contributed by atoms with Crippen LogP contribution in [-0.4, -0.2) is 26.0 Å². The number of aromatic amines is 1. The number of nitro groups is 1. The van der Waals surface area contributed by atoms with Crippen molar-refractivity contribution in [2.75, 3.05) is 0 Å². The Labute approximate surface area is 79.9 Å². The number of nitrogens with one attached hydrogen (secondary N) is 1. The van der Waals surface area contributed by atoms with E-state index in [1.165, 1.54) is 6.20 Å². The van der Waals surface area contributed by atoms with Crippen molar-refractivity contribution in [2.24, 2.45) is 0 Å². The Balaban J connectivity index is 0.000000292. The van der Waals surface area contributed by atoms with E-state index in [-0.39, 0.29) is 12.2 Å². The minimum Gasteiger partial charge on any atom is -0.481 e. The average molecular weight is 201 g/mol. The van der Waals surface area contributed by atoms with Crippen LogP contribution >= 0.6 is 0 Å². The van der Waals surface area contributed by atoms with Gasteiger partial charge in [0.25, 0.3) is 0 Å². The number of rotatable bonds is 2. The summed E-state index contributed by atoms with van der Waals surface area (Å²) in [5, 5.41) is 17.7. The van der Waals surface area contributed by atoms with Gasteiger partial charge in [0.15, 0.2) is 5.82 Å². The van der Waals surface area contributed by atoms with Gasteiger partial charge in [0.05, 0.1) is 0 Å². The van der Waals surface area contributed by atoms with Crippen molar-refractivity contribution >= 4 is 11.8 Å². The molecule has 0 aromatic carbocycles. The third-order valence-corrected chi connectivity index (χ3v) is 1.19. The number of H-pyrrole nitrogens is 1. The van der Waals surface area contributed by atoms with Crippen molar-refractivity contribution in [1.29, 1.82) is 0 Å². The molecule has 7 nitrogen and oxygen atoms in total. The summed E-state index contributed by atoms with van der Waals surface area (Å²) >= 11 is 0. The molecule has 0 spiro atoms. The van der Waals surface area contributed by atoms with Crippen LogP contribution in [0.4, 0.5) is 5.82 Å². The van der Waals surface area contributed by atoms with Crippen LogP contribution in [-0.2, 0) is 4.79 Å². The SMILES string of the molecule is CCC(=O)O.Cc1ncc([N+](=O)[O-])[nH]1. The quantitative estimate of drug-likeness (QED) is 0.550. The summed E-state index contributed by atoms with van der Waals surface area (Å²) in [6.07, 6.45) is 1.41. The summed E-state index contributed by atoms with van der Waals surface area (Å²) in [7, 11) is 0. The maximum atomic E-state index is 9.95. The fourth-order valence-electron chi connectivity index (χ4n) is 0.501. The van der Waals surface area contributed by atoms with Crippen LogP contribution in [0.3, 0.4) is 0 Å². The first-order valence-electron chi connectivity index (χ1n) is 3.85. The van der Waals surface area contributed by atoms with Crippen LogP contribution in [0, 0.1) is 17.0 Å². The molecule has 1 heterocycles. The molecule has 1 aromatic heterocycles. The lowest BCUT2D eigenvalue weighted by atomic mass is 10.5. The van der Waals surface area contributed by atoms with E-state index >= 15 is 0 Å². The van der Waals surface area contributed by atoms with Crippen molar-refractivity contribution in [3.8, 4) is 0 Å². The van der Waals surface area contributed by atoms with Gasteiger partial charge < -0.3 is 15.2 Å². The molecule has 0 amide bonds. The first-order valence-corrected chi connectivity index (χ1v) is 3.85. The number of carboxylic acids is 1. The van der Waals surface area contributed by atoms with Gasteiger partial charge in [-0.2, -0.15) is 0 Å². The van der Waals surface area contributed by atoms with Crippen LogP contribution in [0.5, 0.6) is 0 Å². The summed E-state index contributed by atoms with van der Waals surface area (Å²) in [5.74, 6) is -0.251. The normalized spacial score (nSPS) is 8.71. The summed E-state index contributed by atoms with van der Waals surface area (Å²) in [4.78, 5) is 24.9. The van der Waals surface area contributed by atoms with Crippen molar-refractivity contribution < 1.29 is 14.8 Å². The number of carbonyl (C=O) groups is 1. The molecular formula is C7H11N3O4. The third-order valence-electron chi connectivity index (χ3n) is 1.19. The van der Waals surface area contributed by atoms with E-state index in [1.54, 1.807) is 13.8 Å². The lowest BCUT2D eigenvalue weighted by molar-refractivity contribution is -0.389. The zero-order valence-electron chi connectivity index (χ0n) is 7.85. The molecule has 7 heteroatoms. The molecule has 14 heavy (non-hydrogen) atoms. The van der Waals surface area contributed by atoms with Crippen LogP contribution in [0.25, 0.3) is 0 Å². The van der Waals surface area contributed by atoms with E-state index in [0.29, 0.717) is 5.82 Å². The van der Waals surface area contributed by atoms with Gasteiger partial charge in [-0.25, -0.2) is 9.97 Å². The smallest absolute Gasteiger partial charge is 0.340 e. The van der Waals surface area contributed by atoms with Gasteiger partial charge in [-0.15, -0.1) is 0 Å². The maximum absolute atomic E-state index is 9.95. The molecular weight excluding hydrogens is 190 g/mol. The Bertz CT molecular complexity index is 320. The largest absolute Gasteiger partial charge is 0.481 e. The number of hydrogen-bond acceptors (Lipinski definition) is 4. The molecule has 0 fully saturated rings. The predicted octanol–water partition coefficient (Wildman–Crippen LogP) is 1.11. The highest BCUT2D eigenvalue weighted by atomic mass is 16.6. The van der Waals surface area contributed by atoms with Gasteiger partial charge >= 0.3 is 11.8 Å². The molecule has 0 aliphatic rings. The number of carboxylic acid groups (broad SMARTS) is 1. The standard InChI is InChI=1S/C4H5N3O2.C3H6O2/c1-3-5-2-4(6-3)7(8)9;1-2-3(4)5/h2H,1H3,(H,5,6);2H2,1H3,(H,4,5). The lowest BCUT2D eigenvalue weighted by Gasteiger charge is -1.83. The molecule has 0 aliphatic carbocycles. The van der Waals surface area contributed by atoms with E-state index in [4.69, 9.17) is 5.11 Å². The molecule has 0 radical (unpaired) electrons.